The zero-order valence-corrected chi connectivity index (χ0v) is 9.22. The van der Waals surface area contributed by atoms with Crippen LogP contribution in [-0.2, 0) is 32.7 Å². The smallest absolute Gasteiger partial charge is 0 e. The first-order valence-corrected chi connectivity index (χ1v) is 2.77. The van der Waals surface area contributed by atoms with Crippen molar-refractivity contribution in [2.75, 3.05) is 6.54 Å². The van der Waals surface area contributed by atoms with Crippen LogP contribution in [0.2, 0.25) is 0 Å². The van der Waals surface area contributed by atoms with Crippen molar-refractivity contribution in [3.8, 4) is 0 Å². The Kier molecular flexibility index (Phi) is 38.1. The van der Waals surface area contributed by atoms with Crippen LogP contribution in [0, 0.1) is 12.7 Å². The first-order valence-electron chi connectivity index (χ1n) is 2.77. The Morgan fingerprint density at radius 2 is 2.10 bits per heavy atom. The van der Waals surface area contributed by atoms with Crippen molar-refractivity contribution in [1.82, 2.24) is 0 Å². The number of hydrogen-bond acceptors (Lipinski definition) is 1. The molecule has 0 unspecified atom stereocenters. The van der Waals surface area contributed by atoms with Crippen LogP contribution in [0.5, 0.6) is 0 Å². The second-order valence-corrected chi connectivity index (χ2v) is 1.14. The Morgan fingerprint density at radius 3 is 2.20 bits per heavy atom. The molecular formula is C8H13NY-2. The third-order valence-electron chi connectivity index (χ3n) is 0.310. The molecule has 2 heteroatoms. The summed E-state index contributed by atoms with van der Waals surface area (Å²) in [5, 5.41) is 0. The molecule has 0 rings (SSSR count). The second-order valence-electron chi connectivity index (χ2n) is 1.14. The predicted molar refractivity (Wildman–Crippen MR) is 41.6 cm³/mol. The van der Waals surface area contributed by atoms with Crippen LogP contribution < -0.4 is 5.73 Å². The van der Waals surface area contributed by atoms with Crippen molar-refractivity contribution in [2.45, 2.75) is 6.92 Å². The van der Waals surface area contributed by atoms with Gasteiger partial charge in [-0.3, -0.25) is 6.08 Å². The van der Waals surface area contributed by atoms with E-state index in [1.807, 2.05) is 6.92 Å². The van der Waals surface area contributed by atoms with Crippen LogP contribution in [0.4, 0.5) is 0 Å². The molecule has 0 amide bonds. The number of allylic oxidation sites excluding steroid dienone is 4. The van der Waals surface area contributed by atoms with E-state index in [4.69, 9.17) is 12.3 Å². The van der Waals surface area contributed by atoms with Gasteiger partial charge < -0.3 is 24.5 Å². The maximum atomic E-state index is 4.92. The molecule has 2 N–H and O–H groups in total. The Balaban J connectivity index is -0.000000107. The normalized spacial score (nSPS) is 7.00. The van der Waals surface area contributed by atoms with Crippen molar-refractivity contribution >= 4 is 0 Å². The zero-order valence-electron chi connectivity index (χ0n) is 6.38. The Bertz CT molecular complexity index is 77.3. The molecule has 0 atom stereocenters. The summed E-state index contributed by atoms with van der Waals surface area (Å²) < 4.78 is 0. The summed E-state index contributed by atoms with van der Waals surface area (Å²) in [6.45, 7) is 11.0. The van der Waals surface area contributed by atoms with Gasteiger partial charge in [-0.1, -0.05) is 6.92 Å². The van der Waals surface area contributed by atoms with Gasteiger partial charge in [-0.05, 0) is 6.54 Å². The summed E-state index contributed by atoms with van der Waals surface area (Å²) in [7, 11) is 0. The third kappa shape index (κ3) is 40.8. The summed E-state index contributed by atoms with van der Waals surface area (Å²) in [5.74, 6) is 0. The van der Waals surface area contributed by atoms with E-state index in [1.54, 1.807) is 12.2 Å². The van der Waals surface area contributed by atoms with Crippen LogP contribution in [0.1, 0.15) is 6.92 Å². The van der Waals surface area contributed by atoms with Crippen molar-refractivity contribution in [2.24, 2.45) is 5.73 Å². The minimum Gasteiger partial charge on any atom is -0.361 e. The second kappa shape index (κ2) is 22.8. The van der Waals surface area contributed by atoms with E-state index in [2.05, 4.69) is 12.7 Å². The van der Waals surface area contributed by atoms with Gasteiger partial charge in [0.1, 0.15) is 0 Å². The Hall–Kier alpha value is 0.284. The maximum absolute atomic E-state index is 4.92. The molecular weight excluding hydrogens is 199 g/mol. The summed E-state index contributed by atoms with van der Waals surface area (Å²) in [6, 6.07) is 0. The van der Waals surface area contributed by atoms with Crippen LogP contribution in [0.3, 0.4) is 0 Å². The standard InChI is InChI=1S/C6H6.C2H7N.Y/c1-3-5-6-4-2;1-2-3;/h1,3-5H,2H2;2-3H2,1H3;/q-2;;. The van der Waals surface area contributed by atoms with Crippen LogP contribution in [0.15, 0.2) is 24.8 Å². The fraction of sp³-hybridized carbons (Fsp3) is 0.250. The quantitative estimate of drug-likeness (QED) is 0.544. The molecule has 0 aliphatic heterocycles. The van der Waals surface area contributed by atoms with E-state index in [0.29, 0.717) is 0 Å². The summed E-state index contributed by atoms with van der Waals surface area (Å²) in [6.07, 6.45) is 7.20. The summed E-state index contributed by atoms with van der Waals surface area (Å²) in [5.41, 5.74) is 4.85. The van der Waals surface area contributed by atoms with E-state index < -0.39 is 0 Å². The fourth-order valence-corrected chi connectivity index (χ4v) is 0.124. The molecule has 0 saturated carbocycles. The first kappa shape index (κ1) is 16.7. The molecule has 1 nitrogen and oxygen atoms in total. The van der Waals surface area contributed by atoms with E-state index in [0.717, 1.165) is 6.54 Å². The molecule has 0 saturated heterocycles. The van der Waals surface area contributed by atoms with Gasteiger partial charge >= 0.3 is 0 Å². The summed E-state index contributed by atoms with van der Waals surface area (Å²) in [4.78, 5) is 0. The SMILES string of the molecule is CCN.[CH-]=CC=[C-]C=C.[Y]. The van der Waals surface area contributed by atoms with Crippen molar-refractivity contribution in [3.63, 3.8) is 0 Å². The third-order valence-corrected chi connectivity index (χ3v) is 0.310. The average Bonchev–Trinajstić information content (AvgIpc) is 1.86. The molecule has 0 bridgehead atoms. The van der Waals surface area contributed by atoms with Gasteiger partial charge in [0, 0.05) is 32.7 Å². The van der Waals surface area contributed by atoms with Gasteiger partial charge in [0.05, 0.1) is 0 Å². The van der Waals surface area contributed by atoms with Crippen LogP contribution >= 0.6 is 0 Å². The van der Waals surface area contributed by atoms with Gasteiger partial charge in [0.15, 0.2) is 0 Å². The molecule has 0 aliphatic carbocycles. The Morgan fingerprint density at radius 1 is 1.70 bits per heavy atom. The fourth-order valence-electron chi connectivity index (χ4n) is 0.124. The molecule has 0 heterocycles. The number of rotatable bonds is 2. The van der Waals surface area contributed by atoms with E-state index in [-0.39, 0.29) is 32.7 Å². The largest absolute Gasteiger partial charge is 0.361 e. The van der Waals surface area contributed by atoms with E-state index >= 15 is 0 Å². The zero-order chi connectivity index (χ0) is 7.54. The number of hydrogen-bond donors (Lipinski definition) is 1. The monoisotopic (exact) mass is 212 g/mol. The van der Waals surface area contributed by atoms with Gasteiger partial charge in [-0.25, -0.2) is 6.08 Å². The molecule has 0 aromatic carbocycles. The summed E-state index contributed by atoms with van der Waals surface area (Å²) >= 11 is 0. The van der Waals surface area contributed by atoms with Crippen molar-refractivity contribution in [3.05, 3.63) is 37.5 Å². The van der Waals surface area contributed by atoms with E-state index in [1.165, 1.54) is 6.08 Å². The molecule has 0 aliphatic rings. The predicted octanol–water partition coefficient (Wildman–Crippen LogP) is 1.48. The minimum atomic E-state index is 0. The van der Waals surface area contributed by atoms with Gasteiger partial charge in [-0.15, -0.1) is 0 Å². The van der Waals surface area contributed by atoms with Crippen LogP contribution in [-0.4, -0.2) is 6.54 Å². The maximum Gasteiger partial charge on any atom is 0 e. The molecule has 55 valence electrons. The van der Waals surface area contributed by atoms with Gasteiger partial charge in [-0.2, -0.15) is 6.58 Å². The molecule has 0 fully saturated rings. The van der Waals surface area contributed by atoms with Gasteiger partial charge in [0.25, 0.3) is 0 Å². The molecule has 0 aromatic rings. The van der Waals surface area contributed by atoms with Crippen LogP contribution in [0.25, 0.3) is 0 Å². The van der Waals surface area contributed by atoms with E-state index in [9.17, 15) is 0 Å². The Labute approximate surface area is 89.0 Å². The molecule has 10 heavy (non-hydrogen) atoms. The molecule has 1 radical (unpaired) electrons. The average molecular weight is 212 g/mol. The molecule has 0 spiro atoms. The van der Waals surface area contributed by atoms with Crippen molar-refractivity contribution in [1.29, 1.82) is 0 Å². The van der Waals surface area contributed by atoms with Crippen molar-refractivity contribution < 1.29 is 32.7 Å². The first-order chi connectivity index (χ1) is 4.33. The topological polar surface area (TPSA) is 26.0 Å². The van der Waals surface area contributed by atoms with Gasteiger partial charge in [0.2, 0.25) is 0 Å². The number of nitrogens with two attached hydrogens (primary N) is 1. The minimum absolute atomic E-state index is 0. The molecule has 0 aromatic heterocycles.